The molecule has 3 nitrogen and oxygen atoms in total. The minimum atomic E-state index is 0.0917. The molecule has 5 heteroatoms. The van der Waals surface area contributed by atoms with Crippen LogP contribution in [0.1, 0.15) is 17.9 Å². The van der Waals surface area contributed by atoms with Crippen molar-refractivity contribution in [1.82, 2.24) is 10.2 Å². The van der Waals surface area contributed by atoms with Crippen molar-refractivity contribution < 1.29 is 4.79 Å². The second-order valence-corrected chi connectivity index (χ2v) is 5.95. The summed E-state index contributed by atoms with van der Waals surface area (Å²) in [6, 6.07) is 5.65. The van der Waals surface area contributed by atoms with Crippen LogP contribution in [0.3, 0.4) is 0 Å². The molecule has 2 aliphatic rings. The monoisotopic (exact) mass is 298 g/mol. The van der Waals surface area contributed by atoms with E-state index in [-0.39, 0.29) is 17.7 Å². The lowest BCUT2D eigenvalue weighted by Crippen LogP contribution is -2.47. The van der Waals surface area contributed by atoms with E-state index in [9.17, 15) is 4.79 Å². The molecule has 1 aliphatic carbocycles. The van der Waals surface area contributed by atoms with Crippen LogP contribution < -0.4 is 5.32 Å². The van der Waals surface area contributed by atoms with Crippen LogP contribution in [-0.4, -0.2) is 37.0 Å². The standard InChI is InChI=1S/C14H16Cl2N2O/c15-12-3-1-2-9(13(12)16)10-8-11(10)14(19)18-6-4-17-5-7-18/h1-3,10-11,17H,4-8H2/t10-,11+/m1/s1. The van der Waals surface area contributed by atoms with Crippen LogP contribution in [0.4, 0.5) is 0 Å². The number of nitrogens with zero attached hydrogens (tertiary/aromatic N) is 1. The SMILES string of the molecule is O=C([C@H]1C[C@@H]1c1cccc(Cl)c1Cl)N1CCNCC1. The smallest absolute Gasteiger partial charge is 0.226 e. The number of rotatable bonds is 2. The zero-order chi connectivity index (χ0) is 13.4. The zero-order valence-corrected chi connectivity index (χ0v) is 12.0. The molecule has 3 rings (SSSR count). The molecule has 0 spiro atoms. The van der Waals surface area contributed by atoms with Gasteiger partial charge in [-0.05, 0) is 24.0 Å². The molecular weight excluding hydrogens is 283 g/mol. The first-order valence-electron chi connectivity index (χ1n) is 6.62. The van der Waals surface area contributed by atoms with Crippen molar-refractivity contribution in [2.75, 3.05) is 26.2 Å². The Morgan fingerprint density at radius 1 is 1.26 bits per heavy atom. The van der Waals surface area contributed by atoms with Gasteiger partial charge in [-0.25, -0.2) is 0 Å². The Labute approximate surface area is 122 Å². The van der Waals surface area contributed by atoms with E-state index in [1.165, 1.54) is 0 Å². The summed E-state index contributed by atoms with van der Waals surface area (Å²) in [5, 5.41) is 4.43. The highest BCUT2D eigenvalue weighted by Gasteiger charge is 2.46. The molecule has 19 heavy (non-hydrogen) atoms. The van der Waals surface area contributed by atoms with Gasteiger partial charge in [0, 0.05) is 32.1 Å². The molecule has 1 aromatic carbocycles. The van der Waals surface area contributed by atoms with Crippen LogP contribution in [0.2, 0.25) is 10.0 Å². The highest BCUT2D eigenvalue weighted by Crippen LogP contribution is 2.51. The van der Waals surface area contributed by atoms with Gasteiger partial charge in [0.15, 0.2) is 0 Å². The third-order valence-electron chi connectivity index (χ3n) is 3.92. The first kappa shape index (κ1) is 13.2. The fourth-order valence-corrected chi connectivity index (χ4v) is 3.19. The maximum absolute atomic E-state index is 12.4. The van der Waals surface area contributed by atoms with E-state index in [0.717, 1.165) is 38.2 Å². The molecule has 1 N–H and O–H groups in total. The van der Waals surface area contributed by atoms with Gasteiger partial charge < -0.3 is 10.2 Å². The van der Waals surface area contributed by atoms with Gasteiger partial charge in [0.05, 0.1) is 10.0 Å². The molecule has 1 aliphatic heterocycles. The predicted molar refractivity (Wildman–Crippen MR) is 76.8 cm³/mol. The molecule has 102 valence electrons. The summed E-state index contributed by atoms with van der Waals surface area (Å²) in [4.78, 5) is 14.3. The molecule has 2 atom stereocenters. The number of carbonyl (C=O) groups is 1. The minimum Gasteiger partial charge on any atom is -0.340 e. The Bertz CT molecular complexity index is 500. The lowest BCUT2D eigenvalue weighted by Gasteiger charge is -2.27. The van der Waals surface area contributed by atoms with E-state index in [2.05, 4.69) is 5.32 Å². The molecule has 1 aromatic rings. The van der Waals surface area contributed by atoms with E-state index < -0.39 is 0 Å². The largest absolute Gasteiger partial charge is 0.340 e. The number of benzene rings is 1. The first-order valence-corrected chi connectivity index (χ1v) is 7.37. The summed E-state index contributed by atoms with van der Waals surface area (Å²) >= 11 is 12.2. The number of hydrogen-bond donors (Lipinski definition) is 1. The highest BCUT2D eigenvalue weighted by atomic mass is 35.5. The Morgan fingerprint density at radius 3 is 2.74 bits per heavy atom. The topological polar surface area (TPSA) is 32.3 Å². The van der Waals surface area contributed by atoms with Gasteiger partial charge in [0.25, 0.3) is 0 Å². The number of piperazine rings is 1. The molecular formula is C14H16Cl2N2O. The third kappa shape index (κ3) is 2.60. The molecule has 2 fully saturated rings. The Balaban J connectivity index is 1.70. The molecule has 1 saturated carbocycles. The van der Waals surface area contributed by atoms with Crippen LogP contribution in [0.15, 0.2) is 18.2 Å². The number of hydrogen-bond acceptors (Lipinski definition) is 2. The molecule has 0 unspecified atom stereocenters. The van der Waals surface area contributed by atoms with E-state index in [1.807, 2.05) is 17.0 Å². The second kappa shape index (κ2) is 5.31. The summed E-state index contributed by atoms with van der Waals surface area (Å²) in [5.74, 6) is 0.602. The van der Waals surface area contributed by atoms with Crippen LogP contribution in [0.5, 0.6) is 0 Å². The maximum Gasteiger partial charge on any atom is 0.226 e. The van der Waals surface area contributed by atoms with Crippen molar-refractivity contribution in [2.24, 2.45) is 5.92 Å². The summed E-state index contributed by atoms with van der Waals surface area (Å²) < 4.78 is 0. The summed E-state index contributed by atoms with van der Waals surface area (Å²) in [6.07, 6.45) is 0.892. The van der Waals surface area contributed by atoms with Gasteiger partial charge in [-0.2, -0.15) is 0 Å². The van der Waals surface area contributed by atoms with Gasteiger partial charge in [0.1, 0.15) is 0 Å². The fraction of sp³-hybridized carbons (Fsp3) is 0.500. The van der Waals surface area contributed by atoms with Crippen molar-refractivity contribution in [3.63, 3.8) is 0 Å². The maximum atomic E-state index is 12.4. The van der Waals surface area contributed by atoms with Gasteiger partial charge in [0.2, 0.25) is 5.91 Å². The summed E-state index contributed by atoms with van der Waals surface area (Å²) in [5.41, 5.74) is 1.02. The van der Waals surface area contributed by atoms with E-state index in [0.29, 0.717) is 10.0 Å². The van der Waals surface area contributed by atoms with Crippen LogP contribution >= 0.6 is 23.2 Å². The minimum absolute atomic E-state index is 0.0917. The van der Waals surface area contributed by atoms with Gasteiger partial charge in [-0.15, -0.1) is 0 Å². The predicted octanol–water partition coefficient (Wildman–Crippen LogP) is 2.53. The van der Waals surface area contributed by atoms with E-state index in [1.54, 1.807) is 6.07 Å². The Kier molecular flexibility index (Phi) is 3.70. The molecule has 0 bridgehead atoms. The second-order valence-electron chi connectivity index (χ2n) is 5.17. The van der Waals surface area contributed by atoms with Crippen LogP contribution in [-0.2, 0) is 4.79 Å². The molecule has 1 heterocycles. The fourth-order valence-electron chi connectivity index (χ4n) is 2.74. The number of nitrogens with one attached hydrogen (secondary N) is 1. The highest BCUT2D eigenvalue weighted by molar-refractivity contribution is 6.42. The number of carbonyl (C=O) groups excluding carboxylic acids is 1. The quantitative estimate of drug-likeness (QED) is 0.910. The van der Waals surface area contributed by atoms with E-state index in [4.69, 9.17) is 23.2 Å². The van der Waals surface area contributed by atoms with Gasteiger partial charge >= 0.3 is 0 Å². The molecule has 1 saturated heterocycles. The summed E-state index contributed by atoms with van der Waals surface area (Å²) in [6.45, 7) is 3.40. The van der Waals surface area contributed by atoms with Crippen LogP contribution in [0.25, 0.3) is 0 Å². The normalized spacial score (nSPS) is 26.3. The van der Waals surface area contributed by atoms with Crippen molar-refractivity contribution in [3.05, 3.63) is 33.8 Å². The summed E-state index contributed by atoms with van der Waals surface area (Å²) in [7, 11) is 0. The van der Waals surface area contributed by atoms with Gasteiger partial charge in [-0.1, -0.05) is 35.3 Å². The third-order valence-corrected chi connectivity index (χ3v) is 4.75. The van der Waals surface area contributed by atoms with Crippen molar-refractivity contribution >= 4 is 29.1 Å². The molecule has 0 aromatic heterocycles. The average molecular weight is 299 g/mol. The van der Waals surface area contributed by atoms with Crippen LogP contribution in [0, 0.1) is 5.92 Å². The first-order chi connectivity index (χ1) is 9.18. The Hall–Kier alpha value is -0.770. The van der Waals surface area contributed by atoms with Crippen molar-refractivity contribution in [3.8, 4) is 0 Å². The molecule has 0 radical (unpaired) electrons. The Morgan fingerprint density at radius 2 is 2.00 bits per heavy atom. The van der Waals surface area contributed by atoms with Crippen molar-refractivity contribution in [1.29, 1.82) is 0 Å². The van der Waals surface area contributed by atoms with Gasteiger partial charge in [-0.3, -0.25) is 4.79 Å². The number of halogens is 2. The molecule has 1 amide bonds. The number of amides is 1. The lowest BCUT2D eigenvalue weighted by molar-refractivity contribution is -0.133. The van der Waals surface area contributed by atoms with Crippen molar-refractivity contribution in [2.45, 2.75) is 12.3 Å². The average Bonchev–Trinajstić information content (AvgIpc) is 3.22. The lowest BCUT2D eigenvalue weighted by atomic mass is 10.1. The van der Waals surface area contributed by atoms with E-state index >= 15 is 0 Å². The zero-order valence-electron chi connectivity index (χ0n) is 10.5.